The lowest BCUT2D eigenvalue weighted by Gasteiger charge is -2.01. The standard InChI is InChI=1S/C9H7BrO2S2/c10-7-1-2-8-6(4-13)5-14(11,12)9(8)3-7/h1-3,5,13H,4H2. The van der Waals surface area contributed by atoms with Crippen LogP contribution in [0, 0.1) is 0 Å². The summed E-state index contributed by atoms with van der Waals surface area (Å²) >= 11 is 7.35. The highest BCUT2D eigenvalue weighted by atomic mass is 79.9. The Morgan fingerprint density at radius 3 is 2.71 bits per heavy atom. The third-order valence-electron chi connectivity index (χ3n) is 2.06. The van der Waals surface area contributed by atoms with Gasteiger partial charge in [0.25, 0.3) is 0 Å². The summed E-state index contributed by atoms with van der Waals surface area (Å²) in [7, 11) is -3.23. The van der Waals surface area contributed by atoms with E-state index >= 15 is 0 Å². The Hall–Kier alpha value is -0.260. The molecule has 0 amide bonds. The first-order valence-electron chi connectivity index (χ1n) is 3.91. The van der Waals surface area contributed by atoms with Crippen LogP contribution in [0.2, 0.25) is 0 Å². The maximum absolute atomic E-state index is 11.6. The summed E-state index contributed by atoms with van der Waals surface area (Å²) in [5, 5.41) is 1.29. The smallest absolute Gasteiger partial charge is 0.200 e. The zero-order chi connectivity index (χ0) is 10.3. The number of sulfone groups is 1. The number of hydrogen-bond donors (Lipinski definition) is 1. The Kier molecular flexibility index (Phi) is 2.49. The summed E-state index contributed by atoms with van der Waals surface area (Å²) in [6.07, 6.45) is 0. The first kappa shape index (κ1) is 10.3. The van der Waals surface area contributed by atoms with Crippen LogP contribution in [0.5, 0.6) is 0 Å². The lowest BCUT2D eigenvalue weighted by molar-refractivity contribution is 0.605. The quantitative estimate of drug-likeness (QED) is 0.807. The molecule has 5 heteroatoms. The van der Waals surface area contributed by atoms with Crippen LogP contribution in [0.4, 0.5) is 0 Å². The van der Waals surface area contributed by atoms with Crippen LogP contribution in [-0.4, -0.2) is 14.2 Å². The maximum atomic E-state index is 11.6. The minimum atomic E-state index is -3.23. The van der Waals surface area contributed by atoms with E-state index < -0.39 is 9.84 Å². The molecular formula is C9H7BrO2S2. The third kappa shape index (κ3) is 1.53. The van der Waals surface area contributed by atoms with Crippen molar-refractivity contribution in [2.75, 3.05) is 5.75 Å². The molecule has 0 N–H and O–H groups in total. The van der Waals surface area contributed by atoms with E-state index in [1.165, 1.54) is 5.41 Å². The first-order valence-corrected chi connectivity index (χ1v) is 6.88. The van der Waals surface area contributed by atoms with Crippen molar-refractivity contribution in [3.05, 3.63) is 33.6 Å². The van der Waals surface area contributed by atoms with Crippen LogP contribution in [0.15, 0.2) is 33.0 Å². The lowest BCUT2D eigenvalue weighted by Crippen LogP contribution is -1.92. The van der Waals surface area contributed by atoms with Gasteiger partial charge in [0.2, 0.25) is 9.84 Å². The molecular weight excluding hydrogens is 284 g/mol. The fourth-order valence-corrected chi connectivity index (χ4v) is 3.84. The van der Waals surface area contributed by atoms with Crippen LogP contribution in [0.1, 0.15) is 5.56 Å². The number of fused-ring (bicyclic) bond motifs is 1. The van der Waals surface area contributed by atoms with Crippen LogP contribution in [-0.2, 0) is 9.84 Å². The number of halogens is 1. The van der Waals surface area contributed by atoms with Crippen LogP contribution >= 0.6 is 28.6 Å². The van der Waals surface area contributed by atoms with Crippen molar-refractivity contribution in [1.29, 1.82) is 0 Å². The lowest BCUT2D eigenvalue weighted by atomic mass is 10.1. The maximum Gasteiger partial charge on any atom is 0.200 e. The summed E-state index contributed by atoms with van der Waals surface area (Å²) in [4.78, 5) is 0.371. The van der Waals surface area contributed by atoms with Crippen molar-refractivity contribution in [2.24, 2.45) is 0 Å². The fourth-order valence-electron chi connectivity index (χ4n) is 1.43. The van der Waals surface area contributed by atoms with Gasteiger partial charge in [-0.3, -0.25) is 0 Å². The van der Waals surface area contributed by atoms with Gasteiger partial charge in [0, 0.05) is 15.6 Å². The minimum absolute atomic E-state index is 0.371. The average Bonchev–Trinajstić information content (AvgIpc) is 2.38. The van der Waals surface area contributed by atoms with E-state index in [1.54, 1.807) is 12.1 Å². The molecule has 0 aliphatic carbocycles. The molecule has 0 spiro atoms. The molecule has 2 nitrogen and oxygen atoms in total. The van der Waals surface area contributed by atoms with E-state index in [0.717, 1.165) is 15.6 Å². The molecule has 0 fully saturated rings. The molecule has 74 valence electrons. The topological polar surface area (TPSA) is 34.1 Å². The van der Waals surface area contributed by atoms with Gasteiger partial charge in [-0.15, -0.1) is 0 Å². The summed E-state index contributed by atoms with van der Waals surface area (Å²) in [5.74, 6) is 0.438. The van der Waals surface area contributed by atoms with Gasteiger partial charge in [-0.1, -0.05) is 22.0 Å². The highest BCUT2D eigenvalue weighted by Gasteiger charge is 2.25. The first-order chi connectivity index (χ1) is 6.54. The summed E-state index contributed by atoms with van der Waals surface area (Å²) in [6, 6.07) is 5.25. The highest BCUT2D eigenvalue weighted by molar-refractivity contribution is 9.10. The van der Waals surface area contributed by atoms with Crippen molar-refractivity contribution in [2.45, 2.75) is 4.90 Å². The molecule has 0 radical (unpaired) electrons. The van der Waals surface area contributed by atoms with Crippen molar-refractivity contribution < 1.29 is 8.42 Å². The molecule has 1 aliphatic heterocycles. The normalized spacial score (nSPS) is 17.7. The van der Waals surface area contributed by atoms with Crippen LogP contribution in [0.3, 0.4) is 0 Å². The average molecular weight is 291 g/mol. The van der Waals surface area contributed by atoms with Crippen molar-refractivity contribution in [3.8, 4) is 0 Å². The Morgan fingerprint density at radius 2 is 2.07 bits per heavy atom. The van der Waals surface area contributed by atoms with Gasteiger partial charge in [-0.05, 0) is 23.3 Å². The van der Waals surface area contributed by atoms with Crippen LogP contribution < -0.4 is 0 Å². The molecule has 0 atom stereocenters. The van der Waals surface area contributed by atoms with Gasteiger partial charge >= 0.3 is 0 Å². The highest BCUT2D eigenvalue weighted by Crippen LogP contribution is 2.35. The predicted octanol–water partition coefficient (Wildman–Crippen LogP) is 2.51. The van der Waals surface area contributed by atoms with Crippen LogP contribution in [0.25, 0.3) is 5.57 Å². The van der Waals surface area contributed by atoms with E-state index in [-0.39, 0.29) is 0 Å². The zero-order valence-corrected chi connectivity index (χ0v) is 10.4. The second-order valence-electron chi connectivity index (χ2n) is 2.99. The molecule has 0 aromatic heterocycles. The second-order valence-corrected chi connectivity index (χ2v) is 5.98. The molecule has 14 heavy (non-hydrogen) atoms. The monoisotopic (exact) mass is 290 g/mol. The molecule has 1 heterocycles. The molecule has 0 saturated carbocycles. The van der Waals surface area contributed by atoms with Gasteiger partial charge in [-0.2, -0.15) is 12.6 Å². The van der Waals surface area contributed by atoms with E-state index in [9.17, 15) is 8.42 Å². The summed E-state index contributed by atoms with van der Waals surface area (Å²) in [5.41, 5.74) is 1.53. The minimum Gasteiger partial charge on any atom is -0.219 e. The van der Waals surface area contributed by atoms with Crippen molar-refractivity contribution in [1.82, 2.24) is 0 Å². The van der Waals surface area contributed by atoms with Gasteiger partial charge in [-0.25, -0.2) is 8.42 Å². The molecule has 1 aromatic carbocycles. The zero-order valence-electron chi connectivity index (χ0n) is 7.07. The number of thiol groups is 1. The number of hydrogen-bond acceptors (Lipinski definition) is 3. The van der Waals surface area contributed by atoms with Crippen molar-refractivity contribution >= 4 is 44.0 Å². The Morgan fingerprint density at radius 1 is 1.36 bits per heavy atom. The Labute approximate surface area is 96.5 Å². The molecule has 1 aliphatic rings. The molecule has 1 aromatic rings. The number of rotatable bonds is 1. The summed E-state index contributed by atoms with van der Waals surface area (Å²) < 4.78 is 24.1. The van der Waals surface area contributed by atoms with Gasteiger partial charge < -0.3 is 0 Å². The third-order valence-corrected chi connectivity index (χ3v) is 4.44. The second kappa shape index (κ2) is 3.40. The summed E-state index contributed by atoms with van der Waals surface area (Å²) in [6.45, 7) is 0. The molecule has 0 unspecified atom stereocenters. The Balaban J connectivity index is 2.75. The Bertz CT molecular complexity index is 518. The molecule has 2 rings (SSSR count). The van der Waals surface area contributed by atoms with Gasteiger partial charge in [0.15, 0.2) is 0 Å². The number of benzene rings is 1. The SMILES string of the molecule is O=S1(=O)C=C(CS)c2ccc(Br)cc21. The van der Waals surface area contributed by atoms with Gasteiger partial charge in [0.05, 0.1) is 4.90 Å². The van der Waals surface area contributed by atoms with E-state index in [4.69, 9.17) is 0 Å². The van der Waals surface area contributed by atoms with Crippen molar-refractivity contribution in [3.63, 3.8) is 0 Å². The van der Waals surface area contributed by atoms with Gasteiger partial charge in [0.1, 0.15) is 0 Å². The molecule has 0 bridgehead atoms. The van der Waals surface area contributed by atoms with E-state index in [1.807, 2.05) is 6.07 Å². The predicted molar refractivity (Wildman–Crippen MR) is 63.2 cm³/mol. The van der Waals surface area contributed by atoms with E-state index in [0.29, 0.717) is 10.6 Å². The largest absolute Gasteiger partial charge is 0.219 e. The molecule has 0 saturated heterocycles. The van der Waals surface area contributed by atoms with E-state index in [2.05, 4.69) is 28.6 Å². The fraction of sp³-hybridized carbons (Fsp3) is 0.111.